The van der Waals surface area contributed by atoms with Crippen molar-refractivity contribution in [3.8, 4) is 11.1 Å². The van der Waals surface area contributed by atoms with Crippen LogP contribution in [0.1, 0.15) is 0 Å². The van der Waals surface area contributed by atoms with Crippen molar-refractivity contribution < 1.29 is 4.42 Å². The molecule has 0 aliphatic heterocycles. The van der Waals surface area contributed by atoms with E-state index in [-0.39, 0.29) is 0 Å². The van der Waals surface area contributed by atoms with E-state index in [4.69, 9.17) is 4.42 Å². The molecule has 54 heavy (non-hydrogen) atoms. The summed E-state index contributed by atoms with van der Waals surface area (Å²) < 4.78 is 11.8. The number of thiophene rings is 2. The Morgan fingerprint density at radius 1 is 0.407 bits per heavy atom. The van der Waals surface area contributed by atoms with Gasteiger partial charge in [-0.05, 0) is 64.2 Å². The average molecular weight is 724 g/mol. The van der Waals surface area contributed by atoms with Gasteiger partial charge in [-0.1, -0.05) is 133 Å². The van der Waals surface area contributed by atoms with E-state index in [9.17, 15) is 0 Å². The Morgan fingerprint density at radius 3 is 1.98 bits per heavy atom. The van der Waals surface area contributed by atoms with Crippen LogP contribution >= 0.6 is 22.7 Å². The quantitative estimate of drug-likeness (QED) is 0.180. The molecule has 0 N–H and O–H groups in total. The normalized spacial score (nSPS) is 12.1. The fraction of sp³-hybridized carbons (Fsp3) is 0. The fourth-order valence-electron chi connectivity index (χ4n) is 8.61. The maximum absolute atomic E-state index is 6.66. The molecule has 9 aromatic carbocycles. The Bertz CT molecular complexity index is 3460. The lowest BCUT2D eigenvalue weighted by Crippen LogP contribution is -2.11. The van der Waals surface area contributed by atoms with E-state index >= 15 is 0 Å². The molecule has 0 amide bonds. The van der Waals surface area contributed by atoms with Gasteiger partial charge in [-0.15, -0.1) is 22.7 Å². The Balaban J connectivity index is 1.15. The zero-order valence-electron chi connectivity index (χ0n) is 28.9. The third-order valence-electron chi connectivity index (χ3n) is 11.0. The maximum atomic E-state index is 6.66. The molecule has 0 radical (unpaired) electrons. The first-order valence-electron chi connectivity index (χ1n) is 18.3. The molecule has 12 rings (SSSR count). The van der Waals surface area contributed by atoms with Gasteiger partial charge in [0.05, 0.1) is 16.1 Å². The lowest BCUT2D eigenvalue weighted by Gasteiger charge is -2.28. The molecule has 0 spiro atoms. The fourth-order valence-corrected chi connectivity index (χ4v) is 11.1. The van der Waals surface area contributed by atoms with Crippen molar-refractivity contribution in [2.45, 2.75) is 0 Å². The van der Waals surface area contributed by atoms with Crippen LogP contribution in [0.2, 0.25) is 0 Å². The second-order valence-electron chi connectivity index (χ2n) is 14.0. The number of rotatable bonds is 4. The van der Waals surface area contributed by atoms with E-state index < -0.39 is 0 Å². The summed E-state index contributed by atoms with van der Waals surface area (Å²) in [4.78, 5) is 2.49. The standard InChI is InChI=1S/C50H29NOS2/c1-2-11-30(12-3-1)34-15-8-9-19-41(34)51(33-23-26-37-38-24-21-32-14-5-7-17-36(32)49(38)54-45(37)29-33)42-20-10-18-40-47-44(53-50(40)42)28-27-43-46(47)39-25-22-31-13-4-6-16-35(31)48(39)52-43/h1-29H. The monoisotopic (exact) mass is 723 g/mol. The predicted molar refractivity (Wildman–Crippen MR) is 235 cm³/mol. The van der Waals surface area contributed by atoms with Crippen LogP contribution in [0.5, 0.6) is 0 Å². The lowest BCUT2D eigenvalue weighted by atomic mass is 10.0. The van der Waals surface area contributed by atoms with Crippen molar-refractivity contribution in [1.82, 2.24) is 0 Å². The first kappa shape index (κ1) is 30.0. The van der Waals surface area contributed by atoms with Gasteiger partial charge < -0.3 is 9.32 Å². The SMILES string of the molecule is c1ccc(-c2ccccc2N(c2ccc3c(c2)sc2c4ccccc4ccc32)c2cccc3c2sc2ccc4oc5c6ccccc6ccc5c4c23)cc1. The minimum Gasteiger partial charge on any atom is -0.455 e. The molecule has 0 unspecified atom stereocenters. The third-order valence-corrected chi connectivity index (χ3v) is 13.4. The third kappa shape index (κ3) is 4.32. The van der Waals surface area contributed by atoms with Crippen LogP contribution in [-0.2, 0) is 0 Å². The summed E-state index contributed by atoms with van der Waals surface area (Å²) in [6, 6.07) is 64.1. The van der Waals surface area contributed by atoms with Gasteiger partial charge in [0.2, 0.25) is 0 Å². The Morgan fingerprint density at radius 2 is 1.09 bits per heavy atom. The van der Waals surface area contributed by atoms with Crippen molar-refractivity contribution in [2.24, 2.45) is 0 Å². The molecule has 3 aromatic heterocycles. The van der Waals surface area contributed by atoms with Crippen molar-refractivity contribution in [3.63, 3.8) is 0 Å². The summed E-state index contributed by atoms with van der Waals surface area (Å²) in [5.74, 6) is 0. The van der Waals surface area contributed by atoms with E-state index in [1.54, 1.807) is 0 Å². The van der Waals surface area contributed by atoms with Crippen molar-refractivity contribution in [1.29, 1.82) is 0 Å². The topological polar surface area (TPSA) is 16.4 Å². The minimum atomic E-state index is 0.924. The molecule has 3 heterocycles. The number of anilines is 3. The van der Waals surface area contributed by atoms with Crippen molar-refractivity contribution in [3.05, 3.63) is 176 Å². The molecule has 12 aromatic rings. The van der Waals surface area contributed by atoms with Gasteiger partial charge in [0.15, 0.2) is 0 Å². The highest BCUT2D eigenvalue weighted by Gasteiger charge is 2.23. The molecule has 0 fully saturated rings. The predicted octanol–water partition coefficient (Wildman–Crippen LogP) is 15.8. The second kappa shape index (κ2) is 11.5. The van der Waals surface area contributed by atoms with E-state index in [1.807, 2.05) is 22.7 Å². The smallest absolute Gasteiger partial charge is 0.143 e. The molecular formula is C50H29NOS2. The summed E-state index contributed by atoms with van der Waals surface area (Å²) in [5, 5.41) is 12.4. The van der Waals surface area contributed by atoms with Gasteiger partial charge in [-0.25, -0.2) is 0 Å². The number of furan rings is 1. The van der Waals surface area contributed by atoms with Crippen LogP contribution in [0.15, 0.2) is 180 Å². The summed E-state index contributed by atoms with van der Waals surface area (Å²) >= 11 is 3.76. The van der Waals surface area contributed by atoms with Crippen LogP contribution in [0.4, 0.5) is 17.1 Å². The summed E-state index contributed by atoms with van der Waals surface area (Å²) in [5.41, 5.74) is 7.70. The first-order chi connectivity index (χ1) is 26.8. The summed E-state index contributed by atoms with van der Waals surface area (Å²) in [6.07, 6.45) is 0. The Kier molecular flexibility index (Phi) is 6.41. The van der Waals surface area contributed by atoms with E-state index in [1.165, 1.54) is 73.0 Å². The highest BCUT2D eigenvalue weighted by Crippen LogP contribution is 2.51. The molecule has 0 atom stereocenters. The van der Waals surface area contributed by atoms with Crippen LogP contribution in [0, 0.1) is 0 Å². The van der Waals surface area contributed by atoms with Crippen LogP contribution in [0.25, 0.3) is 95.0 Å². The summed E-state index contributed by atoms with van der Waals surface area (Å²) in [7, 11) is 0. The number of fused-ring (bicyclic) bond motifs is 14. The molecule has 252 valence electrons. The molecule has 0 saturated carbocycles. The molecule has 4 heteroatoms. The van der Waals surface area contributed by atoms with Gasteiger partial charge in [0, 0.05) is 63.1 Å². The number of hydrogen-bond acceptors (Lipinski definition) is 4. The second-order valence-corrected chi connectivity index (χ2v) is 16.1. The van der Waals surface area contributed by atoms with Crippen LogP contribution < -0.4 is 4.90 Å². The van der Waals surface area contributed by atoms with Gasteiger partial charge in [0.25, 0.3) is 0 Å². The van der Waals surface area contributed by atoms with Gasteiger partial charge in [0.1, 0.15) is 11.2 Å². The highest BCUT2D eigenvalue weighted by atomic mass is 32.1. The van der Waals surface area contributed by atoms with Gasteiger partial charge in [-0.3, -0.25) is 0 Å². The van der Waals surface area contributed by atoms with Crippen LogP contribution in [0.3, 0.4) is 0 Å². The van der Waals surface area contributed by atoms with E-state index in [2.05, 4.69) is 181 Å². The molecule has 0 aliphatic carbocycles. The maximum Gasteiger partial charge on any atom is 0.143 e. The highest BCUT2D eigenvalue weighted by molar-refractivity contribution is 7.27. The molecular weight excluding hydrogens is 695 g/mol. The summed E-state index contributed by atoms with van der Waals surface area (Å²) in [6.45, 7) is 0. The number of para-hydroxylation sites is 1. The molecule has 0 aliphatic rings. The molecule has 0 bridgehead atoms. The largest absolute Gasteiger partial charge is 0.455 e. The average Bonchev–Trinajstić information content (AvgIpc) is 3.93. The van der Waals surface area contributed by atoms with Gasteiger partial charge >= 0.3 is 0 Å². The number of hydrogen-bond donors (Lipinski definition) is 0. The van der Waals surface area contributed by atoms with E-state index in [0.717, 1.165) is 39.0 Å². The number of benzene rings is 9. The number of nitrogens with zero attached hydrogens (tertiary/aromatic N) is 1. The molecule has 0 saturated heterocycles. The minimum absolute atomic E-state index is 0.924. The van der Waals surface area contributed by atoms with Crippen LogP contribution in [-0.4, -0.2) is 0 Å². The Labute approximate surface area is 318 Å². The zero-order valence-corrected chi connectivity index (χ0v) is 30.5. The first-order valence-corrected chi connectivity index (χ1v) is 19.9. The Hall–Kier alpha value is -6.46. The van der Waals surface area contributed by atoms with Crippen molar-refractivity contribution >= 4 is 124 Å². The van der Waals surface area contributed by atoms with Crippen molar-refractivity contribution in [2.75, 3.05) is 4.90 Å². The zero-order chi connectivity index (χ0) is 35.3. The lowest BCUT2D eigenvalue weighted by molar-refractivity contribution is 0.673. The molecule has 2 nitrogen and oxygen atoms in total. The van der Waals surface area contributed by atoms with Gasteiger partial charge in [-0.2, -0.15) is 0 Å². The van der Waals surface area contributed by atoms with E-state index in [0.29, 0.717) is 0 Å².